The maximum Gasteiger partial charge on any atom is 0.573 e. The van der Waals surface area contributed by atoms with E-state index < -0.39 is 40.9 Å². The number of esters is 1. The molecule has 0 amide bonds. The van der Waals surface area contributed by atoms with Crippen LogP contribution in [0.5, 0.6) is 5.75 Å². The van der Waals surface area contributed by atoms with Gasteiger partial charge in [0.25, 0.3) is 0 Å². The fourth-order valence-corrected chi connectivity index (χ4v) is 1.39. The van der Waals surface area contributed by atoms with Gasteiger partial charge in [0.2, 0.25) is 0 Å². The molecule has 0 atom stereocenters. The van der Waals surface area contributed by atoms with Gasteiger partial charge in [-0.25, -0.2) is 4.79 Å². The molecule has 0 fully saturated rings. The van der Waals surface area contributed by atoms with Crippen LogP contribution in [-0.4, -0.2) is 19.4 Å². The Kier molecular flexibility index (Phi) is 4.36. The highest BCUT2D eigenvalue weighted by atomic mass is 19.4. The largest absolute Gasteiger partial charge is 0.573 e. The fraction of sp³-hybridized carbons (Fsp3) is 0.273. The summed E-state index contributed by atoms with van der Waals surface area (Å²) in [6, 6.07) is 1.97. The molecule has 0 aliphatic heterocycles. The minimum Gasteiger partial charge on any atom is -0.465 e. The molecule has 0 saturated heterocycles. The lowest BCUT2D eigenvalue weighted by molar-refractivity contribution is -0.276. The van der Waals surface area contributed by atoms with E-state index in [0.29, 0.717) is 6.07 Å². The van der Waals surface area contributed by atoms with E-state index in [4.69, 9.17) is 5.26 Å². The topological polar surface area (TPSA) is 59.3 Å². The minimum absolute atomic E-state index is 0.146. The molecule has 0 bridgehead atoms. The minimum atomic E-state index is -5.46. The Bertz CT molecular complexity index is 600. The van der Waals surface area contributed by atoms with Crippen molar-refractivity contribution in [2.75, 3.05) is 7.11 Å². The third-order valence-electron chi connectivity index (χ3n) is 2.15. The van der Waals surface area contributed by atoms with Crippen molar-refractivity contribution in [3.63, 3.8) is 0 Å². The molecule has 0 N–H and O–H groups in total. The number of hydrogen-bond donors (Lipinski definition) is 0. The number of ether oxygens (including phenoxy) is 2. The number of carbonyl (C=O) groups excluding carboxylic acids is 1. The number of nitriles is 1. The second-order valence-corrected chi connectivity index (χ2v) is 3.55. The van der Waals surface area contributed by atoms with Gasteiger partial charge >= 0.3 is 18.5 Å². The van der Waals surface area contributed by atoms with Crippen molar-refractivity contribution < 1.29 is 40.6 Å². The molecule has 0 heterocycles. The smallest absolute Gasteiger partial charge is 0.465 e. The molecular weight excluding hydrogens is 308 g/mol. The summed E-state index contributed by atoms with van der Waals surface area (Å²) in [5.41, 5.74) is -3.72. The molecule has 1 aromatic rings. The summed E-state index contributed by atoms with van der Waals surface area (Å²) in [6.45, 7) is 0. The summed E-state index contributed by atoms with van der Waals surface area (Å²) in [7, 11) is 0.756. The molecule has 4 nitrogen and oxygen atoms in total. The number of nitrogens with zero attached hydrogens (tertiary/aromatic N) is 1. The average Bonchev–Trinajstić information content (AvgIpc) is 2.34. The van der Waals surface area contributed by atoms with Gasteiger partial charge in [0, 0.05) is 0 Å². The zero-order chi connectivity index (χ0) is 16.4. The van der Waals surface area contributed by atoms with Gasteiger partial charge in [0.1, 0.15) is 11.1 Å². The highest BCUT2D eigenvalue weighted by Crippen LogP contribution is 2.41. The first kappa shape index (κ1) is 16.6. The number of rotatable bonds is 2. The number of hydrogen-bond acceptors (Lipinski definition) is 4. The number of halogens is 6. The van der Waals surface area contributed by atoms with Crippen LogP contribution in [-0.2, 0) is 10.9 Å². The zero-order valence-corrected chi connectivity index (χ0v) is 10.1. The Labute approximate surface area is 113 Å². The monoisotopic (exact) mass is 313 g/mol. The first-order valence-electron chi connectivity index (χ1n) is 4.99. The Morgan fingerprint density at radius 2 is 1.76 bits per heavy atom. The van der Waals surface area contributed by atoms with Crippen LogP contribution in [0.15, 0.2) is 12.1 Å². The second-order valence-electron chi connectivity index (χ2n) is 3.55. The van der Waals surface area contributed by atoms with Crippen LogP contribution in [0.25, 0.3) is 0 Å². The Balaban J connectivity index is 3.68. The average molecular weight is 313 g/mol. The van der Waals surface area contributed by atoms with Crippen molar-refractivity contribution in [1.82, 2.24) is 0 Å². The van der Waals surface area contributed by atoms with Gasteiger partial charge in [0.15, 0.2) is 5.75 Å². The van der Waals surface area contributed by atoms with E-state index >= 15 is 0 Å². The van der Waals surface area contributed by atoms with Crippen LogP contribution >= 0.6 is 0 Å². The molecule has 0 saturated carbocycles. The van der Waals surface area contributed by atoms with Gasteiger partial charge in [-0.05, 0) is 12.1 Å². The van der Waals surface area contributed by atoms with Gasteiger partial charge in [-0.2, -0.15) is 18.4 Å². The Morgan fingerprint density at radius 1 is 1.19 bits per heavy atom. The van der Waals surface area contributed by atoms with Gasteiger partial charge in [-0.1, -0.05) is 0 Å². The molecule has 1 rings (SSSR count). The van der Waals surface area contributed by atoms with E-state index in [9.17, 15) is 31.1 Å². The van der Waals surface area contributed by atoms with Crippen LogP contribution in [0.2, 0.25) is 0 Å². The molecule has 0 aliphatic rings. The van der Waals surface area contributed by atoms with Crippen molar-refractivity contribution >= 4 is 5.97 Å². The highest BCUT2D eigenvalue weighted by Gasteiger charge is 2.42. The summed E-state index contributed by atoms with van der Waals surface area (Å²) in [5.74, 6) is -3.27. The number of methoxy groups -OCH3 is 1. The Hall–Kier alpha value is -2.44. The lowest BCUT2D eigenvalue weighted by atomic mass is 10.0. The lowest BCUT2D eigenvalue weighted by Gasteiger charge is -2.18. The molecule has 0 aromatic heterocycles. The summed E-state index contributed by atoms with van der Waals surface area (Å²) >= 11 is 0. The maximum atomic E-state index is 12.8. The Morgan fingerprint density at radius 3 is 2.14 bits per heavy atom. The number of benzene rings is 1. The van der Waals surface area contributed by atoms with Gasteiger partial charge < -0.3 is 9.47 Å². The second kappa shape index (κ2) is 5.51. The van der Waals surface area contributed by atoms with Gasteiger partial charge in [0.05, 0.1) is 18.7 Å². The van der Waals surface area contributed by atoms with Crippen LogP contribution in [0.4, 0.5) is 26.3 Å². The first-order valence-corrected chi connectivity index (χ1v) is 4.99. The molecule has 0 spiro atoms. The van der Waals surface area contributed by atoms with Gasteiger partial charge in [-0.15, -0.1) is 13.2 Å². The number of alkyl halides is 6. The van der Waals surface area contributed by atoms with E-state index in [-0.39, 0.29) is 6.07 Å². The summed E-state index contributed by atoms with van der Waals surface area (Å²) in [4.78, 5) is 11.3. The van der Waals surface area contributed by atoms with E-state index in [2.05, 4.69) is 9.47 Å². The summed E-state index contributed by atoms with van der Waals surface area (Å²) in [6.07, 6.45) is -10.7. The predicted molar refractivity (Wildman–Crippen MR) is 54.2 cm³/mol. The summed E-state index contributed by atoms with van der Waals surface area (Å²) < 4.78 is 82.4. The SMILES string of the molecule is COC(=O)c1cc(C#N)cc(C(F)(F)F)c1OC(F)(F)F. The molecule has 21 heavy (non-hydrogen) atoms. The first-order chi connectivity index (χ1) is 9.49. The molecule has 0 radical (unpaired) electrons. The highest BCUT2D eigenvalue weighted by molar-refractivity contribution is 5.93. The molecule has 114 valence electrons. The normalized spacial score (nSPS) is 11.7. The lowest BCUT2D eigenvalue weighted by Crippen LogP contribution is -2.23. The van der Waals surface area contributed by atoms with Crippen LogP contribution in [0.1, 0.15) is 21.5 Å². The zero-order valence-electron chi connectivity index (χ0n) is 10.1. The van der Waals surface area contributed by atoms with Crippen LogP contribution in [0, 0.1) is 11.3 Å². The van der Waals surface area contributed by atoms with Crippen LogP contribution in [0.3, 0.4) is 0 Å². The molecule has 0 unspecified atom stereocenters. The fourth-order valence-electron chi connectivity index (χ4n) is 1.39. The predicted octanol–water partition coefficient (Wildman–Crippen LogP) is 3.26. The molecule has 10 heteroatoms. The summed E-state index contributed by atoms with van der Waals surface area (Å²) in [5, 5.41) is 8.60. The van der Waals surface area contributed by atoms with Crippen LogP contribution < -0.4 is 4.74 Å². The third kappa shape index (κ3) is 4.01. The quantitative estimate of drug-likeness (QED) is 0.621. The molecule has 0 aliphatic carbocycles. The van der Waals surface area contributed by atoms with Crippen molar-refractivity contribution in [1.29, 1.82) is 5.26 Å². The van der Waals surface area contributed by atoms with Crippen molar-refractivity contribution in [3.05, 3.63) is 28.8 Å². The van der Waals surface area contributed by atoms with E-state index in [1.165, 1.54) is 6.07 Å². The van der Waals surface area contributed by atoms with E-state index in [1.807, 2.05) is 0 Å². The van der Waals surface area contributed by atoms with E-state index in [1.54, 1.807) is 0 Å². The third-order valence-corrected chi connectivity index (χ3v) is 2.15. The maximum absolute atomic E-state index is 12.8. The molecular formula is C11H5F6NO3. The van der Waals surface area contributed by atoms with E-state index in [0.717, 1.165) is 7.11 Å². The van der Waals surface area contributed by atoms with Crippen molar-refractivity contribution in [3.8, 4) is 11.8 Å². The van der Waals surface area contributed by atoms with Gasteiger partial charge in [-0.3, -0.25) is 0 Å². The van der Waals surface area contributed by atoms with Crippen molar-refractivity contribution in [2.24, 2.45) is 0 Å². The standard InChI is InChI=1S/C11H5F6NO3/c1-20-9(19)6-2-5(4-18)3-7(10(12,13)14)8(6)21-11(15,16)17/h2-3H,1H3. The van der Waals surface area contributed by atoms with Crippen molar-refractivity contribution in [2.45, 2.75) is 12.5 Å². The molecule has 1 aromatic carbocycles. The number of carbonyl (C=O) groups is 1.